The van der Waals surface area contributed by atoms with Gasteiger partial charge in [0.1, 0.15) is 12.0 Å². The Morgan fingerprint density at radius 2 is 1.81 bits per heavy atom. The predicted octanol–water partition coefficient (Wildman–Crippen LogP) is 2.57. The number of benzene rings is 1. The molecule has 1 aromatic heterocycles. The molecular formula is C10H4F3NO2. The minimum Gasteiger partial charge on any atom is -0.363 e. The molecule has 0 aliphatic heterocycles. The lowest BCUT2D eigenvalue weighted by molar-refractivity contribution is 0.112. The van der Waals surface area contributed by atoms with Crippen LogP contribution < -0.4 is 0 Å². The summed E-state index contributed by atoms with van der Waals surface area (Å²) in [6, 6.07) is 1.48. The van der Waals surface area contributed by atoms with Gasteiger partial charge in [0, 0.05) is 5.56 Å². The lowest BCUT2D eigenvalue weighted by atomic mass is 10.1. The normalized spacial score (nSPS) is 10.4. The van der Waals surface area contributed by atoms with Gasteiger partial charge in [-0.2, -0.15) is 0 Å². The fourth-order valence-corrected chi connectivity index (χ4v) is 1.24. The van der Waals surface area contributed by atoms with E-state index in [0.29, 0.717) is 6.29 Å². The average molecular weight is 227 g/mol. The van der Waals surface area contributed by atoms with Gasteiger partial charge in [-0.25, -0.2) is 13.2 Å². The lowest BCUT2D eigenvalue weighted by Crippen LogP contribution is -1.93. The monoisotopic (exact) mass is 227 g/mol. The van der Waals surface area contributed by atoms with Gasteiger partial charge in [-0.1, -0.05) is 5.16 Å². The Morgan fingerprint density at radius 3 is 2.38 bits per heavy atom. The van der Waals surface area contributed by atoms with Gasteiger partial charge >= 0.3 is 0 Å². The van der Waals surface area contributed by atoms with Crippen LogP contribution in [-0.2, 0) is 0 Å². The van der Waals surface area contributed by atoms with Crippen molar-refractivity contribution in [1.82, 2.24) is 5.16 Å². The summed E-state index contributed by atoms with van der Waals surface area (Å²) in [5.74, 6) is -4.27. The molecule has 0 unspecified atom stereocenters. The molecule has 82 valence electrons. The molecule has 3 nitrogen and oxygen atoms in total. The lowest BCUT2D eigenvalue weighted by Gasteiger charge is -1.99. The molecule has 6 heteroatoms. The van der Waals surface area contributed by atoms with Gasteiger partial charge in [-0.05, 0) is 12.1 Å². The number of rotatable bonds is 2. The number of halogens is 3. The fourth-order valence-electron chi connectivity index (χ4n) is 1.24. The number of nitrogens with zero attached hydrogens (tertiary/aromatic N) is 1. The minimum absolute atomic E-state index is 0.0328. The largest absolute Gasteiger partial charge is 0.363 e. The molecule has 0 saturated heterocycles. The van der Waals surface area contributed by atoms with Crippen molar-refractivity contribution in [2.75, 3.05) is 0 Å². The maximum atomic E-state index is 12.9. The van der Waals surface area contributed by atoms with Crippen molar-refractivity contribution in [2.45, 2.75) is 0 Å². The van der Waals surface area contributed by atoms with Gasteiger partial charge in [0.2, 0.25) is 0 Å². The Morgan fingerprint density at radius 1 is 1.19 bits per heavy atom. The molecular weight excluding hydrogens is 223 g/mol. The highest BCUT2D eigenvalue weighted by Gasteiger charge is 2.15. The van der Waals surface area contributed by atoms with E-state index in [4.69, 9.17) is 0 Å². The first-order valence-corrected chi connectivity index (χ1v) is 4.18. The average Bonchev–Trinajstić information content (AvgIpc) is 2.73. The fraction of sp³-hybridized carbons (Fsp3) is 0. The minimum atomic E-state index is -1.57. The van der Waals surface area contributed by atoms with E-state index in [1.807, 2.05) is 0 Å². The molecule has 0 N–H and O–H groups in total. The van der Waals surface area contributed by atoms with Crippen molar-refractivity contribution in [2.24, 2.45) is 0 Å². The molecule has 0 saturated carbocycles. The number of aldehydes is 1. The molecule has 2 aromatic rings. The third kappa shape index (κ3) is 1.58. The number of hydrogen-bond donors (Lipinski definition) is 0. The molecule has 0 atom stereocenters. The Bertz CT molecular complexity index is 528. The first-order valence-electron chi connectivity index (χ1n) is 4.18. The van der Waals surface area contributed by atoms with Gasteiger partial charge in [0.05, 0.1) is 5.56 Å². The van der Waals surface area contributed by atoms with Crippen LogP contribution in [0.2, 0.25) is 0 Å². The van der Waals surface area contributed by atoms with Crippen molar-refractivity contribution in [1.29, 1.82) is 0 Å². The second kappa shape index (κ2) is 3.80. The first kappa shape index (κ1) is 10.4. The van der Waals surface area contributed by atoms with Crippen LogP contribution in [0.4, 0.5) is 13.2 Å². The van der Waals surface area contributed by atoms with E-state index in [-0.39, 0.29) is 16.8 Å². The molecule has 0 bridgehead atoms. The summed E-state index contributed by atoms with van der Waals surface area (Å²) in [5.41, 5.74) is -0.0644. The van der Waals surface area contributed by atoms with E-state index in [1.54, 1.807) is 0 Å². The van der Waals surface area contributed by atoms with Crippen LogP contribution in [0.1, 0.15) is 10.4 Å². The first-order chi connectivity index (χ1) is 7.63. The Balaban J connectivity index is 2.61. The maximum absolute atomic E-state index is 12.9. The quantitative estimate of drug-likeness (QED) is 0.585. The summed E-state index contributed by atoms with van der Waals surface area (Å²) in [5, 5.41) is 3.41. The van der Waals surface area contributed by atoms with Gasteiger partial charge in [0.15, 0.2) is 23.7 Å². The smallest absolute Gasteiger partial charge is 0.194 e. The molecule has 1 heterocycles. The van der Waals surface area contributed by atoms with Gasteiger partial charge in [0.25, 0.3) is 0 Å². The second-order valence-electron chi connectivity index (χ2n) is 2.99. The summed E-state index contributed by atoms with van der Waals surface area (Å²) < 4.78 is 43.0. The Hall–Kier alpha value is -2.11. The third-order valence-electron chi connectivity index (χ3n) is 1.98. The standard InChI is InChI=1S/C10H4F3NO2/c11-7-1-5(2-8(12)9(7)13)10-6(3-15)4-16-14-10/h1-4H. The summed E-state index contributed by atoms with van der Waals surface area (Å²) in [6.45, 7) is 0. The molecule has 0 aliphatic rings. The summed E-state index contributed by atoms with van der Waals surface area (Å²) in [4.78, 5) is 10.5. The third-order valence-corrected chi connectivity index (χ3v) is 1.98. The van der Waals surface area contributed by atoms with Crippen LogP contribution in [0, 0.1) is 17.5 Å². The topological polar surface area (TPSA) is 43.1 Å². The molecule has 0 spiro atoms. The van der Waals surface area contributed by atoms with Crippen molar-refractivity contribution < 1.29 is 22.5 Å². The summed E-state index contributed by atoms with van der Waals surface area (Å²) in [7, 11) is 0. The van der Waals surface area contributed by atoms with Crippen LogP contribution >= 0.6 is 0 Å². The van der Waals surface area contributed by atoms with Crippen LogP contribution in [0.25, 0.3) is 11.3 Å². The summed E-state index contributed by atoms with van der Waals surface area (Å²) >= 11 is 0. The van der Waals surface area contributed by atoms with Gasteiger partial charge < -0.3 is 4.52 Å². The van der Waals surface area contributed by atoms with Crippen LogP contribution in [0.3, 0.4) is 0 Å². The SMILES string of the molecule is O=Cc1conc1-c1cc(F)c(F)c(F)c1. The highest BCUT2D eigenvalue weighted by atomic mass is 19.2. The second-order valence-corrected chi connectivity index (χ2v) is 2.99. The summed E-state index contributed by atoms with van der Waals surface area (Å²) in [6.07, 6.45) is 1.45. The van der Waals surface area contributed by atoms with E-state index in [9.17, 15) is 18.0 Å². The predicted molar refractivity (Wildman–Crippen MR) is 47.2 cm³/mol. The van der Waals surface area contributed by atoms with E-state index in [2.05, 4.69) is 9.68 Å². The zero-order valence-corrected chi connectivity index (χ0v) is 7.71. The molecule has 0 radical (unpaired) electrons. The maximum Gasteiger partial charge on any atom is 0.194 e. The number of carbonyl (C=O) groups excluding carboxylic acids is 1. The van der Waals surface area contributed by atoms with Crippen LogP contribution in [0.5, 0.6) is 0 Å². The molecule has 2 rings (SSSR count). The molecule has 0 amide bonds. The van der Waals surface area contributed by atoms with E-state index in [1.165, 1.54) is 0 Å². The molecule has 16 heavy (non-hydrogen) atoms. The zero-order chi connectivity index (χ0) is 11.7. The molecule has 0 aliphatic carbocycles. The highest BCUT2D eigenvalue weighted by Crippen LogP contribution is 2.24. The van der Waals surface area contributed by atoms with Gasteiger partial charge in [-0.15, -0.1) is 0 Å². The van der Waals surface area contributed by atoms with Crippen molar-refractivity contribution in [3.63, 3.8) is 0 Å². The van der Waals surface area contributed by atoms with Crippen LogP contribution in [-0.4, -0.2) is 11.4 Å². The van der Waals surface area contributed by atoms with Crippen molar-refractivity contribution in [3.05, 3.63) is 41.4 Å². The van der Waals surface area contributed by atoms with E-state index in [0.717, 1.165) is 18.4 Å². The van der Waals surface area contributed by atoms with Crippen LogP contribution in [0.15, 0.2) is 22.9 Å². The Labute approximate surface area is 87.5 Å². The number of hydrogen-bond acceptors (Lipinski definition) is 3. The number of carbonyl (C=O) groups is 1. The van der Waals surface area contributed by atoms with Crippen molar-refractivity contribution in [3.8, 4) is 11.3 Å². The molecule has 1 aromatic carbocycles. The molecule has 0 fully saturated rings. The van der Waals surface area contributed by atoms with E-state index >= 15 is 0 Å². The van der Waals surface area contributed by atoms with E-state index < -0.39 is 17.5 Å². The van der Waals surface area contributed by atoms with Crippen molar-refractivity contribution >= 4 is 6.29 Å². The Kier molecular flexibility index (Phi) is 2.47. The highest BCUT2D eigenvalue weighted by molar-refractivity contribution is 5.84. The zero-order valence-electron chi connectivity index (χ0n) is 7.71. The van der Waals surface area contributed by atoms with Gasteiger partial charge in [-0.3, -0.25) is 4.79 Å². The number of aromatic nitrogens is 1.